The Labute approximate surface area is 107 Å². The molecule has 0 atom stereocenters. The van der Waals surface area contributed by atoms with Crippen molar-refractivity contribution in [2.24, 2.45) is 0 Å². The summed E-state index contributed by atoms with van der Waals surface area (Å²) < 4.78 is 1.82. The Bertz CT molecular complexity index is 571. The van der Waals surface area contributed by atoms with E-state index in [1.807, 2.05) is 32.5 Å². The number of nitrogens with zero attached hydrogens (tertiary/aromatic N) is 4. The minimum absolute atomic E-state index is 0.767. The van der Waals surface area contributed by atoms with Crippen molar-refractivity contribution in [3.05, 3.63) is 34.5 Å². The van der Waals surface area contributed by atoms with Crippen LogP contribution in [-0.4, -0.2) is 26.8 Å². The van der Waals surface area contributed by atoms with Gasteiger partial charge in [0.1, 0.15) is 11.6 Å². The van der Waals surface area contributed by atoms with Gasteiger partial charge >= 0.3 is 0 Å². The predicted molar refractivity (Wildman–Crippen MR) is 70.9 cm³/mol. The molecule has 0 unspecified atom stereocenters. The van der Waals surface area contributed by atoms with Crippen LogP contribution >= 0.6 is 0 Å². The molecule has 0 fully saturated rings. The molecule has 0 aromatic carbocycles. The lowest BCUT2D eigenvalue weighted by Crippen LogP contribution is -2.14. The van der Waals surface area contributed by atoms with Gasteiger partial charge in [0.15, 0.2) is 5.82 Å². The zero-order chi connectivity index (χ0) is 13.3. The highest BCUT2D eigenvalue weighted by Crippen LogP contribution is 2.18. The Hall–Kier alpha value is -1.75. The second-order valence-electron chi connectivity index (χ2n) is 4.53. The molecule has 18 heavy (non-hydrogen) atoms. The van der Waals surface area contributed by atoms with Crippen molar-refractivity contribution in [2.45, 2.75) is 34.2 Å². The topological polar surface area (TPSA) is 55.6 Å². The fourth-order valence-electron chi connectivity index (χ4n) is 2.14. The summed E-state index contributed by atoms with van der Waals surface area (Å²) in [6.07, 6.45) is 0. The monoisotopic (exact) mass is 245 g/mol. The summed E-state index contributed by atoms with van der Waals surface area (Å²) in [4.78, 5) is 8.96. The normalized spacial score (nSPS) is 10.9. The van der Waals surface area contributed by atoms with E-state index in [1.54, 1.807) is 0 Å². The van der Waals surface area contributed by atoms with Gasteiger partial charge in [0.2, 0.25) is 0 Å². The number of aromatic nitrogens is 4. The number of pyridine rings is 1. The Morgan fingerprint density at radius 1 is 1.17 bits per heavy atom. The number of rotatable bonds is 3. The van der Waals surface area contributed by atoms with Crippen LogP contribution in [0.25, 0.3) is 5.82 Å². The molecule has 0 spiro atoms. The molecular formula is C13H19N5. The van der Waals surface area contributed by atoms with Gasteiger partial charge in [-0.25, -0.2) is 9.97 Å². The van der Waals surface area contributed by atoms with E-state index in [0.717, 1.165) is 35.3 Å². The number of nitrogens with one attached hydrogen (secondary N) is 1. The summed E-state index contributed by atoms with van der Waals surface area (Å²) in [6.45, 7) is 8.71. The van der Waals surface area contributed by atoms with Crippen LogP contribution in [0.2, 0.25) is 0 Å². The quantitative estimate of drug-likeness (QED) is 0.892. The highest BCUT2D eigenvalue weighted by molar-refractivity contribution is 5.41. The van der Waals surface area contributed by atoms with Crippen molar-refractivity contribution < 1.29 is 0 Å². The third-order valence-electron chi connectivity index (χ3n) is 2.88. The van der Waals surface area contributed by atoms with Gasteiger partial charge in [-0.1, -0.05) is 0 Å². The van der Waals surface area contributed by atoms with Crippen LogP contribution in [0.5, 0.6) is 0 Å². The van der Waals surface area contributed by atoms with Gasteiger partial charge in [-0.3, -0.25) is 0 Å². The van der Waals surface area contributed by atoms with Crippen LogP contribution in [0.3, 0.4) is 0 Å². The molecule has 0 radical (unpaired) electrons. The lowest BCUT2D eigenvalue weighted by atomic mass is 10.1. The molecule has 5 heteroatoms. The van der Waals surface area contributed by atoms with Crippen LogP contribution in [-0.2, 0) is 6.54 Å². The highest BCUT2D eigenvalue weighted by Gasteiger charge is 2.14. The Kier molecular flexibility index (Phi) is 3.43. The average Bonchev–Trinajstić information content (AvgIpc) is 2.61. The van der Waals surface area contributed by atoms with Gasteiger partial charge in [0, 0.05) is 17.8 Å². The zero-order valence-electron chi connectivity index (χ0n) is 11.6. The fraction of sp³-hybridized carbons (Fsp3) is 0.462. The van der Waals surface area contributed by atoms with Crippen molar-refractivity contribution in [1.82, 2.24) is 25.1 Å². The summed E-state index contributed by atoms with van der Waals surface area (Å²) in [7, 11) is 1.93. The SMILES string of the molecule is CNCc1c(C)cc(C)nc1-n1nc(C)nc1C. The van der Waals surface area contributed by atoms with E-state index < -0.39 is 0 Å². The first-order valence-electron chi connectivity index (χ1n) is 6.05. The van der Waals surface area contributed by atoms with E-state index >= 15 is 0 Å². The van der Waals surface area contributed by atoms with Crippen molar-refractivity contribution in [1.29, 1.82) is 0 Å². The van der Waals surface area contributed by atoms with Crippen LogP contribution in [0, 0.1) is 27.7 Å². The molecule has 5 nitrogen and oxygen atoms in total. The van der Waals surface area contributed by atoms with Gasteiger partial charge in [-0.2, -0.15) is 4.68 Å². The van der Waals surface area contributed by atoms with Gasteiger partial charge in [-0.15, -0.1) is 5.10 Å². The minimum Gasteiger partial charge on any atom is -0.316 e. The highest BCUT2D eigenvalue weighted by atomic mass is 15.4. The molecule has 2 aromatic rings. The van der Waals surface area contributed by atoms with E-state index in [0.29, 0.717) is 0 Å². The van der Waals surface area contributed by atoms with Gasteiger partial charge in [-0.05, 0) is 46.4 Å². The molecule has 0 saturated heterocycles. The minimum atomic E-state index is 0.767. The molecule has 2 heterocycles. The molecular weight excluding hydrogens is 226 g/mol. The lowest BCUT2D eigenvalue weighted by molar-refractivity contribution is 0.745. The van der Waals surface area contributed by atoms with E-state index in [2.05, 4.69) is 33.4 Å². The van der Waals surface area contributed by atoms with Gasteiger partial charge in [0.25, 0.3) is 0 Å². The first kappa shape index (κ1) is 12.7. The second kappa shape index (κ2) is 4.86. The first-order chi connectivity index (χ1) is 8.52. The maximum Gasteiger partial charge on any atom is 0.160 e. The maximum atomic E-state index is 4.62. The van der Waals surface area contributed by atoms with Crippen LogP contribution in [0.4, 0.5) is 0 Å². The van der Waals surface area contributed by atoms with Crippen molar-refractivity contribution in [3.8, 4) is 5.82 Å². The molecule has 0 amide bonds. The van der Waals surface area contributed by atoms with Gasteiger partial charge < -0.3 is 5.32 Å². The Morgan fingerprint density at radius 3 is 2.44 bits per heavy atom. The van der Waals surface area contributed by atoms with E-state index in [9.17, 15) is 0 Å². The molecule has 0 aliphatic heterocycles. The molecule has 2 rings (SSSR count). The maximum absolute atomic E-state index is 4.62. The third-order valence-corrected chi connectivity index (χ3v) is 2.88. The zero-order valence-corrected chi connectivity index (χ0v) is 11.6. The third kappa shape index (κ3) is 2.26. The first-order valence-corrected chi connectivity index (χ1v) is 6.05. The summed E-state index contributed by atoms with van der Waals surface area (Å²) >= 11 is 0. The fourth-order valence-corrected chi connectivity index (χ4v) is 2.14. The van der Waals surface area contributed by atoms with Crippen molar-refractivity contribution in [2.75, 3.05) is 7.05 Å². The summed E-state index contributed by atoms with van der Waals surface area (Å²) in [5, 5.41) is 7.60. The van der Waals surface area contributed by atoms with Crippen molar-refractivity contribution >= 4 is 0 Å². The van der Waals surface area contributed by atoms with Crippen LogP contribution in [0.15, 0.2) is 6.07 Å². The van der Waals surface area contributed by atoms with Crippen molar-refractivity contribution in [3.63, 3.8) is 0 Å². The van der Waals surface area contributed by atoms with Crippen LogP contribution in [0.1, 0.15) is 28.5 Å². The second-order valence-corrected chi connectivity index (χ2v) is 4.53. The largest absolute Gasteiger partial charge is 0.316 e. The molecule has 0 saturated carbocycles. The molecule has 0 bridgehead atoms. The molecule has 2 aromatic heterocycles. The number of hydrogen-bond donors (Lipinski definition) is 1. The Morgan fingerprint density at radius 2 is 1.89 bits per heavy atom. The van der Waals surface area contributed by atoms with E-state index in [1.165, 1.54) is 5.56 Å². The van der Waals surface area contributed by atoms with E-state index in [4.69, 9.17) is 0 Å². The summed E-state index contributed by atoms with van der Waals surface area (Å²) in [5.74, 6) is 2.51. The smallest absolute Gasteiger partial charge is 0.160 e. The summed E-state index contributed by atoms with van der Waals surface area (Å²) in [6, 6.07) is 2.09. The number of aryl methyl sites for hydroxylation is 4. The molecule has 0 aliphatic rings. The lowest BCUT2D eigenvalue weighted by Gasteiger charge is -2.13. The van der Waals surface area contributed by atoms with Crippen LogP contribution < -0.4 is 5.32 Å². The molecule has 1 N–H and O–H groups in total. The standard InChI is InChI=1S/C13H19N5/c1-8-6-9(2)15-13(12(8)7-14-5)18-11(4)16-10(3)17-18/h6,14H,7H2,1-5H3. The molecule has 96 valence electrons. The Balaban J connectivity index is 2.65. The van der Waals surface area contributed by atoms with Gasteiger partial charge in [0.05, 0.1) is 0 Å². The predicted octanol–water partition coefficient (Wildman–Crippen LogP) is 1.62. The summed E-state index contributed by atoms with van der Waals surface area (Å²) in [5.41, 5.74) is 3.38. The average molecular weight is 245 g/mol. The van der Waals surface area contributed by atoms with E-state index in [-0.39, 0.29) is 0 Å². The number of hydrogen-bond acceptors (Lipinski definition) is 4. The molecule has 0 aliphatic carbocycles.